The first kappa shape index (κ1) is 11.6. The van der Waals surface area contributed by atoms with E-state index in [0.29, 0.717) is 17.4 Å². The summed E-state index contributed by atoms with van der Waals surface area (Å²) in [5.41, 5.74) is 0. The van der Waals surface area contributed by atoms with Gasteiger partial charge in [0.2, 0.25) is 0 Å². The van der Waals surface area contributed by atoms with Gasteiger partial charge in [-0.1, -0.05) is 11.6 Å². The lowest BCUT2D eigenvalue weighted by Crippen LogP contribution is -2.33. The van der Waals surface area contributed by atoms with Crippen molar-refractivity contribution in [2.24, 2.45) is 0 Å². The molecule has 0 N–H and O–H groups in total. The molecule has 1 unspecified atom stereocenters. The van der Waals surface area contributed by atoms with Crippen molar-refractivity contribution in [3.63, 3.8) is 0 Å². The fraction of sp³-hybridized carbons (Fsp3) is 0.556. The molecule has 2 heterocycles. The number of nitrogens with zero attached hydrogens (tertiary/aromatic N) is 3. The van der Waals surface area contributed by atoms with Gasteiger partial charge in [0.05, 0.1) is 11.5 Å². The highest BCUT2D eigenvalue weighted by molar-refractivity contribution is 7.91. The van der Waals surface area contributed by atoms with Crippen LogP contribution in [0.4, 0.5) is 5.82 Å². The Kier molecular flexibility index (Phi) is 3.03. The zero-order valence-electron chi connectivity index (χ0n) is 8.80. The van der Waals surface area contributed by atoms with Crippen LogP contribution in [-0.4, -0.2) is 43.0 Å². The zero-order valence-corrected chi connectivity index (χ0v) is 10.4. The summed E-state index contributed by atoms with van der Waals surface area (Å²) in [5.74, 6) is 1.09. The SMILES string of the molecule is CN(c1cc(Cl)ncn1)C1CCS(=O)(=O)C1. The monoisotopic (exact) mass is 261 g/mol. The van der Waals surface area contributed by atoms with Crippen LogP contribution in [0.2, 0.25) is 5.15 Å². The first-order valence-electron chi connectivity index (χ1n) is 4.89. The second-order valence-electron chi connectivity index (χ2n) is 3.87. The van der Waals surface area contributed by atoms with Gasteiger partial charge in [-0.3, -0.25) is 0 Å². The number of hydrogen-bond donors (Lipinski definition) is 0. The molecule has 0 radical (unpaired) electrons. The van der Waals surface area contributed by atoms with Crippen LogP contribution in [0.3, 0.4) is 0 Å². The normalized spacial score (nSPS) is 23.2. The van der Waals surface area contributed by atoms with E-state index in [4.69, 9.17) is 11.6 Å². The molecule has 1 saturated heterocycles. The molecular weight excluding hydrogens is 250 g/mol. The number of sulfone groups is 1. The molecule has 1 aromatic heterocycles. The van der Waals surface area contributed by atoms with Gasteiger partial charge in [0, 0.05) is 19.2 Å². The fourth-order valence-corrected chi connectivity index (χ4v) is 3.70. The number of rotatable bonds is 2. The van der Waals surface area contributed by atoms with Crippen LogP contribution in [0.5, 0.6) is 0 Å². The fourth-order valence-electron chi connectivity index (χ4n) is 1.79. The Balaban J connectivity index is 2.17. The maximum absolute atomic E-state index is 11.4. The highest BCUT2D eigenvalue weighted by Crippen LogP contribution is 2.22. The average molecular weight is 262 g/mol. The molecule has 16 heavy (non-hydrogen) atoms. The third kappa shape index (κ3) is 2.44. The molecule has 1 aliphatic heterocycles. The Morgan fingerprint density at radius 1 is 1.50 bits per heavy atom. The first-order chi connectivity index (χ1) is 7.48. The molecule has 0 amide bonds. The molecule has 1 fully saturated rings. The van der Waals surface area contributed by atoms with Gasteiger partial charge in [-0.2, -0.15) is 0 Å². The molecule has 0 aliphatic carbocycles. The second-order valence-corrected chi connectivity index (χ2v) is 6.48. The Labute approximate surface area is 99.4 Å². The van der Waals surface area contributed by atoms with Gasteiger partial charge in [0.25, 0.3) is 0 Å². The van der Waals surface area contributed by atoms with E-state index in [1.54, 1.807) is 6.07 Å². The maximum Gasteiger partial charge on any atom is 0.152 e. The van der Waals surface area contributed by atoms with Crippen LogP contribution in [0, 0.1) is 0 Å². The van der Waals surface area contributed by atoms with Gasteiger partial charge in [0.1, 0.15) is 17.3 Å². The summed E-state index contributed by atoms with van der Waals surface area (Å²) >= 11 is 5.76. The van der Waals surface area contributed by atoms with E-state index < -0.39 is 9.84 Å². The quantitative estimate of drug-likeness (QED) is 0.736. The highest BCUT2D eigenvalue weighted by atomic mass is 35.5. The molecule has 0 bridgehead atoms. The standard InChI is InChI=1S/C9H12ClN3O2S/c1-13(7-2-3-16(14,15)5-7)9-4-8(10)11-6-12-9/h4,6-7H,2-3,5H2,1H3. The summed E-state index contributed by atoms with van der Waals surface area (Å²) in [6, 6.07) is 1.61. The molecule has 88 valence electrons. The smallest absolute Gasteiger partial charge is 0.152 e. The van der Waals surface area contributed by atoms with Crippen molar-refractivity contribution in [3.8, 4) is 0 Å². The maximum atomic E-state index is 11.4. The van der Waals surface area contributed by atoms with Crippen LogP contribution < -0.4 is 4.90 Å². The summed E-state index contributed by atoms with van der Waals surface area (Å²) < 4.78 is 22.7. The number of anilines is 1. The van der Waals surface area contributed by atoms with Crippen molar-refractivity contribution in [2.45, 2.75) is 12.5 Å². The van der Waals surface area contributed by atoms with E-state index in [9.17, 15) is 8.42 Å². The third-order valence-electron chi connectivity index (χ3n) is 2.74. The largest absolute Gasteiger partial charge is 0.355 e. The lowest BCUT2D eigenvalue weighted by Gasteiger charge is -2.24. The lowest BCUT2D eigenvalue weighted by atomic mass is 10.2. The number of aromatic nitrogens is 2. The van der Waals surface area contributed by atoms with E-state index in [1.165, 1.54) is 6.33 Å². The number of halogens is 1. The molecule has 0 saturated carbocycles. The van der Waals surface area contributed by atoms with Gasteiger partial charge >= 0.3 is 0 Å². The Hall–Kier alpha value is -0.880. The average Bonchev–Trinajstić information content (AvgIpc) is 2.58. The van der Waals surface area contributed by atoms with Gasteiger partial charge in [-0.05, 0) is 6.42 Å². The van der Waals surface area contributed by atoms with E-state index >= 15 is 0 Å². The van der Waals surface area contributed by atoms with Gasteiger partial charge in [-0.15, -0.1) is 0 Å². The summed E-state index contributed by atoms with van der Waals surface area (Å²) in [5, 5.41) is 0.359. The minimum Gasteiger partial charge on any atom is -0.355 e. The van der Waals surface area contributed by atoms with Crippen molar-refractivity contribution >= 4 is 27.3 Å². The summed E-state index contributed by atoms with van der Waals surface area (Å²) in [7, 11) is -1.05. The molecular formula is C9H12ClN3O2S. The molecule has 1 aliphatic rings. The van der Waals surface area contributed by atoms with E-state index in [-0.39, 0.29) is 17.5 Å². The molecule has 1 aromatic rings. The molecule has 1 atom stereocenters. The third-order valence-corrected chi connectivity index (χ3v) is 4.69. The second kappa shape index (κ2) is 4.18. The van der Waals surface area contributed by atoms with E-state index in [0.717, 1.165) is 0 Å². The van der Waals surface area contributed by atoms with Crippen molar-refractivity contribution < 1.29 is 8.42 Å². The Bertz CT molecular complexity index is 491. The van der Waals surface area contributed by atoms with Crippen molar-refractivity contribution in [1.82, 2.24) is 9.97 Å². The minimum atomic E-state index is -2.88. The molecule has 2 rings (SSSR count). The Morgan fingerprint density at radius 2 is 2.25 bits per heavy atom. The van der Waals surface area contributed by atoms with Crippen LogP contribution in [0.1, 0.15) is 6.42 Å². The van der Waals surface area contributed by atoms with Crippen molar-refractivity contribution in [1.29, 1.82) is 0 Å². The molecule has 7 heteroatoms. The molecule has 0 aromatic carbocycles. The predicted octanol–water partition coefficient (Wildman–Crippen LogP) is 0.753. The van der Waals surface area contributed by atoms with Crippen LogP contribution >= 0.6 is 11.6 Å². The number of hydrogen-bond acceptors (Lipinski definition) is 5. The predicted molar refractivity (Wildman–Crippen MR) is 62.5 cm³/mol. The topological polar surface area (TPSA) is 63.2 Å². The zero-order chi connectivity index (χ0) is 11.8. The Morgan fingerprint density at radius 3 is 2.81 bits per heavy atom. The van der Waals surface area contributed by atoms with Crippen LogP contribution in [0.15, 0.2) is 12.4 Å². The van der Waals surface area contributed by atoms with Crippen LogP contribution in [-0.2, 0) is 9.84 Å². The molecule has 5 nitrogen and oxygen atoms in total. The minimum absolute atomic E-state index is 0.0176. The first-order valence-corrected chi connectivity index (χ1v) is 7.09. The van der Waals surface area contributed by atoms with E-state index in [1.807, 2.05) is 11.9 Å². The summed E-state index contributed by atoms with van der Waals surface area (Å²) in [6.07, 6.45) is 2.01. The lowest BCUT2D eigenvalue weighted by molar-refractivity contribution is 0.600. The summed E-state index contributed by atoms with van der Waals surface area (Å²) in [6.45, 7) is 0. The highest BCUT2D eigenvalue weighted by Gasteiger charge is 2.31. The van der Waals surface area contributed by atoms with Crippen molar-refractivity contribution in [2.75, 3.05) is 23.5 Å². The van der Waals surface area contributed by atoms with Gasteiger partial charge < -0.3 is 4.90 Å². The van der Waals surface area contributed by atoms with Crippen molar-refractivity contribution in [3.05, 3.63) is 17.5 Å². The van der Waals surface area contributed by atoms with Crippen LogP contribution in [0.25, 0.3) is 0 Å². The molecule has 0 spiro atoms. The van der Waals surface area contributed by atoms with E-state index in [2.05, 4.69) is 9.97 Å². The van der Waals surface area contributed by atoms with Gasteiger partial charge in [0.15, 0.2) is 9.84 Å². The van der Waals surface area contributed by atoms with Gasteiger partial charge in [-0.25, -0.2) is 18.4 Å². The summed E-state index contributed by atoms with van der Waals surface area (Å²) in [4.78, 5) is 9.70.